The third-order valence-corrected chi connectivity index (χ3v) is 4.12. The fourth-order valence-electron chi connectivity index (χ4n) is 2.60. The smallest absolute Gasteiger partial charge is 0.252 e. The minimum absolute atomic E-state index is 0.166. The molecule has 0 radical (unpaired) electrons. The molecule has 5 heteroatoms. The zero-order valence-electron chi connectivity index (χ0n) is 15.1. The van der Waals surface area contributed by atoms with Crippen molar-refractivity contribution in [1.29, 1.82) is 0 Å². The molecule has 0 aliphatic carbocycles. The Balaban J connectivity index is 1.46. The zero-order chi connectivity index (χ0) is 19.1. The summed E-state index contributed by atoms with van der Waals surface area (Å²) >= 11 is 0. The molecule has 0 aliphatic heterocycles. The molecule has 0 atom stereocenters. The van der Waals surface area contributed by atoms with Crippen LogP contribution in [0.15, 0.2) is 72.9 Å². The van der Waals surface area contributed by atoms with Crippen molar-refractivity contribution in [3.8, 4) is 11.1 Å². The Morgan fingerprint density at radius 1 is 0.741 bits per heavy atom. The molecule has 136 valence electrons. The summed E-state index contributed by atoms with van der Waals surface area (Å²) in [6, 6.07) is 21.0. The van der Waals surface area contributed by atoms with Crippen molar-refractivity contribution >= 4 is 11.8 Å². The first-order valence-corrected chi connectivity index (χ1v) is 8.78. The molecule has 0 spiro atoms. The first kappa shape index (κ1) is 18.3. The van der Waals surface area contributed by atoms with Gasteiger partial charge in [0, 0.05) is 30.5 Å². The number of nitrogens with zero attached hydrogens (tertiary/aromatic N) is 1. The number of amides is 2. The lowest BCUT2D eigenvalue weighted by molar-refractivity contribution is 0.0927. The Morgan fingerprint density at radius 3 is 1.89 bits per heavy atom. The fraction of sp³-hybridized carbons (Fsp3) is 0.136. The van der Waals surface area contributed by atoms with Crippen molar-refractivity contribution in [3.05, 3.63) is 89.7 Å². The van der Waals surface area contributed by atoms with E-state index in [2.05, 4.69) is 15.6 Å². The SMILES string of the molecule is Cc1ccc(C(=O)NCCNC(=O)c2ccc(-c3ccccc3)cc2)cn1. The van der Waals surface area contributed by atoms with E-state index < -0.39 is 0 Å². The lowest BCUT2D eigenvalue weighted by Crippen LogP contribution is -2.34. The molecule has 1 heterocycles. The lowest BCUT2D eigenvalue weighted by atomic mass is 10.0. The normalized spacial score (nSPS) is 10.3. The van der Waals surface area contributed by atoms with Crippen LogP contribution in [0.2, 0.25) is 0 Å². The van der Waals surface area contributed by atoms with E-state index >= 15 is 0 Å². The number of hydrogen-bond donors (Lipinski definition) is 2. The molecule has 0 saturated heterocycles. The number of carbonyl (C=O) groups is 2. The predicted molar refractivity (Wildman–Crippen MR) is 106 cm³/mol. The van der Waals surface area contributed by atoms with Gasteiger partial charge in [-0.1, -0.05) is 42.5 Å². The second-order valence-electron chi connectivity index (χ2n) is 6.14. The van der Waals surface area contributed by atoms with Gasteiger partial charge in [-0.05, 0) is 42.3 Å². The van der Waals surface area contributed by atoms with Crippen LogP contribution in [0.3, 0.4) is 0 Å². The Hall–Kier alpha value is -3.47. The van der Waals surface area contributed by atoms with E-state index in [9.17, 15) is 9.59 Å². The molecule has 0 fully saturated rings. The molecule has 5 nitrogen and oxygen atoms in total. The van der Waals surface area contributed by atoms with Gasteiger partial charge in [-0.2, -0.15) is 0 Å². The van der Waals surface area contributed by atoms with E-state index in [1.165, 1.54) is 6.20 Å². The Labute approximate surface area is 158 Å². The number of aryl methyl sites for hydroxylation is 1. The average Bonchev–Trinajstić information content (AvgIpc) is 2.72. The quantitative estimate of drug-likeness (QED) is 0.664. The average molecular weight is 359 g/mol. The first-order valence-electron chi connectivity index (χ1n) is 8.78. The van der Waals surface area contributed by atoms with E-state index in [1.807, 2.05) is 49.4 Å². The number of aromatic nitrogens is 1. The molecule has 0 aliphatic rings. The summed E-state index contributed by atoms with van der Waals surface area (Å²) in [5.41, 5.74) is 4.12. The largest absolute Gasteiger partial charge is 0.350 e. The van der Waals surface area contributed by atoms with Gasteiger partial charge in [0.05, 0.1) is 5.56 Å². The standard InChI is InChI=1S/C22H21N3O2/c1-16-7-8-20(15-25-16)22(27)24-14-13-23-21(26)19-11-9-18(10-12-19)17-5-3-2-4-6-17/h2-12,15H,13-14H2,1H3,(H,23,26)(H,24,27). The van der Waals surface area contributed by atoms with Gasteiger partial charge in [0.1, 0.15) is 0 Å². The fourth-order valence-corrected chi connectivity index (χ4v) is 2.60. The topological polar surface area (TPSA) is 71.1 Å². The van der Waals surface area contributed by atoms with Crippen molar-refractivity contribution in [2.24, 2.45) is 0 Å². The summed E-state index contributed by atoms with van der Waals surface area (Å²) in [4.78, 5) is 28.3. The van der Waals surface area contributed by atoms with E-state index in [1.54, 1.807) is 24.3 Å². The van der Waals surface area contributed by atoms with Gasteiger partial charge in [-0.25, -0.2) is 0 Å². The van der Waals surface area contributed by atoms with Gasteiger partial charge in [0.15, 0.2) is 0 Å². The number of carbonyl (C=O) groups excluding carboxylic acids is 2. The predicted octanol–water partition coefficient (Wildman–Crippen LogP) is 3.22. The molecular formula is C22H21N3O2. The highest BCUT2D eigenvalue weighted by Gasteiger charge is 2.07. The monoisotopic (exact) mass is 359 g/mol. The highest BCUT2D eigenvalue weighted by molar-refractivity contribution is 5.95. The van der Waals surface area contributed by atoms with Crippen LogP contribution in [-0.2, 0) is 0 Å². The minimum atomic E-state index is -0.205. The summed E-state index contributed by atoms with van der Waals surface area (Å²) in [7, 11) is 0. The van der Waals surface area contributed by atoms with Gasteiger partial charge in [0.25, 0.3) is 11.8 Å². The van der Waals surface area contributed by atoms with Crippen LogP contribution in [0.1, 0.15) is 26.4 Å². The maximum atomic E-state index is 12.2. The second-order valence-corrected chi connectivity index (χ2v) is 6.14. The van der Waals surface area contributed by atoms with Crippen LogP contribution >= 0.6 is 0 Å². The van der Waals surface area contributed by atoms with Crippen LogP contribution in [0.25, 0.3) is 11.1 Å². The maximum Gasteiger partial charge on any atom is 0.252 e. The molecule has 1 aromatic heterocycles. The van der Waals surface area contributed by atoms with E-state index in [-0.39, 0.29) is 11.8 Å². The molecule has 2 amide bonds. The molecule has 0 bridgehead atoms. The number of nitrogens with one attached hydrogen (secondary N) is 2. The van der Waals surface area contributed by atoms with Crippen molar-refractivity contribution in [2.45, 2.75) is 6.92 Å². The molecule has 2 aromatic carbocycles. The van der Waals surface area contributed by atoms with Crippen LogP contribution in [-0.4, -0.2) is 29.9 Å². The summed E-state index contributed by atoms with van der Waals surface area (Å²) in [6.45, 7) is 2.56. The molecular weight excluding hydrogens is 338 g/mol. The van der Waals surface area contributed by atoms with E-state index in [0.29, 0.717) is 24.2 Å². The van der Waals surface area contributed by atoms with Crippen molar-refractivity contribution in [1.82, 2.24) is 15.6 Å². The minimum Gasteiger partial charge on any atom is -0.350 e. The van der Waals surface area contributed by atoms with Crippen LogP contribution in [0.4, 0.5) is 0 Å². The zero-order valence-corrected chi connectivity index (χ0v) is 15.1. The molecule has 0 saturated carbocycles. The highest BCUT2D eigenvalue weighted by Crippen LogP contribution is 2.19. The van der Waals surface area contributed by atoms with Crippen LogP contribution < -0.4 is 10.6 Å². The van der Waals surface area contributed by atoms with Gasteiger partial charge in [0.2, 0.25) is 0 Å². The molecule has 3 aromatic rings. The van der Waals surface area contributed by atoms with Crippen molar-refractivity contribution in [3.63, 3.8) is 0 Å². The van der Waals surface area contributed by atoms with Crippen molar-refractivity contribution in [2.75, 3.05) is 13.1 Å². The number of rotatable bonds is 6. The maximum absolute atomic E-state index is 12.2. The first-order chi connectivity index (χ1) is 13.1. The lowest BCUT2D eigenvalue weighted by Gasteiger charge is -2.08. The van der Waals surface area contributed by atoms with Gasteiger partial charge in [-0.15, -0.1) is 0 Å². The van der Waals surface area contributed by atoms with Crippen LogP contribution in [0, 0.1) is 6.92 Å². The highest BCUT2D eigenvalue weighted by atomic mass is 16.2. The van der Waals surface area contributed by atoms with Gasteiger partial charge < -0.3 is 10.6 Å². The summed E-state index contributed by atoms with van der Waals surface area (Å²) in [6.07, 6.45) is 1.54. The molecule has 3 rings (SSSR count). The Kier molecular flexibility index (Phi) is 5.94. The third kappa shape index (κ3) is 5.01. The van der Waals surface area contributed by atoms with E-state index in [0.717, 1.165) is 16.8 Å². The summed E-state index contributed by atoms with van der Waals surface area (Å²) in [5.74, 6) is -0.371. The second kappa shape index (κ2) is 8.76. The summed E-state index contributed by atoms with van der Waals surface area (Å²) < 4.78 is 0. The van der Waals surface area contributed by atoms with Crippen molar-refractivity contribution < 1.29 is 9.59 Å². The van der Waals surface area contributed by atoms with Gasteiger partial charge in [-0.3, -0.25) is 14.6 Å². The number of pyridine rings is 1. The number of hydrogen-bond acceptors (Lipinski definition) is 3. The third-order valence-electron chi connectivity index (χ3n) is 4.12. The molecule has 0 unspecified atom stereocenters. The number of benzene rings is 2. The summed E-state index contributed by atoms with van der Waals surface area (Å²) in [5, 5.41) is 5.57. The van der Waals surface area contributed by atoms with Gasteiger partial charge >= 0.3 is 0 Å². The Morgan fingerprint density at radius 2 is 1.30 bits per heavy atom. The molecule has 2 N–H and O–H groups in total. The molecule has 27 heavy (non-hydrogen) atoms. The van der Waals surface area contributed by atoms with Crippen LogP contribution in [0.5, 0.6) is 0 Å². The Bertz CT molecular complexity index is 905. The van der Waals surface area contributed by atoms with E-state index in [4.69, 9.17) is 0 Å².